The molecule has 3 atom stereocenters. The number of fused-ring (bicyclic) bond motifs is 1. The molecule has 0 unspecified atom stereocenters. The second-order valence-electron chi connectivity index (χ2n) is 6.58. The molecule has 1 aromatic rings. The lowest BCUT2D eigenvalue weighted by atomic mass is 9.87. The van der Waals surface area contributed by atoms with Gasteiger partial charge in [-0.1, -0.05) is 24.1 Å². The van der Waals surface area contributed by atoms with E-state index >= 15 is 0 Å². The highest BCUT2D eigenvalue weighted by Crippen LogP contribution is 2.21. The van der Waals surface area contributed by atoms with E-state index in [1.165, 1.54) is 12.8 Å². The first-order chi connectivity index (χ1) is 11.0. The molecule has 2 amide bonds. The topological polar surface area (TPSA) is 74.8 Å². The molecule has 2 fully saturated rings. The van der Waals surface area contributed by atoms with Gasteiger partial charge in [-0.05, 0) is 37.5 Å². The van der Waals surface area contributed by atoms with E-state index < -0.39 is 0 Å². The van der Waals surface area contributed by atoms with E-state index in [4.69, 9.17) is 11.6 Å². The number of rotatable bonds is 3. The maximum absolute atomic E-state index is 12.2. The normalized spacial score (nSPS) is 27.0. The van der Waals surface area contributed by atoms with Crippen LogP contribution in [0.5, 0.6) is 0 Å². The molecule has 0 radical (unpaired) electrons. The Morgan fingerprint density at radius 1 is 1.39 bits per heavy atom. The van der Waals surface area contributed by atoms with Crippen LogP contribution < -0.4 is 16.0 Å². The SMILES string of the molecule is Cc1ccc(NC(=O)C[C@H]2[NH2+][C@H]3CCCC[C@@H]3NC2=O)cc1Cl. The number of nitrogens with two attached hydrogens (primary N) is 1. The van der Waals surface area contributed by atoms with E-state index in [1.807, 2.05) is 19.1 Å². The van der Waals surface area contributed by atoms with Crippen LogP contribution in [0, 0.1) is 6.92 Å². The fourth-order valence-corrected chi connectivity index (χ4v) is 3.67. The first-order valence-electron chi connectivity index (χ1n) is 8.24. The number of carbonyl (C=O) groups excluding carboxylic acids is 2. The van der Waals surface area contributed by atoms with E-state index in [9.17, 15) is 9.59 Å². The largest absolute Gasteiger partial charge is 0.342 e. The van der Waals surface area contributed by atoms with E-state index in [0.717, 1.165) is 18.4 Å². The van der Waals surface area contributed by atoms with Crippen LogP contribution in [0.4, 0.5) is 5.69 Å². The van der Waals surface area contributed by atoms with Gasteiger partial charge in [-0.25, -0.2) is 0 Å². The summed E-state index contributed by atoms with van der Waals surface area (Å²) in [5, 5.41) is 8.62. The van der Waals surface area contributed by atoms with Gasteiger partial charge in [0.2, 0.25) is 5.91 Å². The fraction of sp³-hybridized carbons (Fsp3) is 0.529. The van der Waals surface area contributed by atoms with Crippen molar-refractivity contribution in [2.45, 2.75) is 57.2 Å². The van der Waals surface area contributed by atoms with Crippen LogP contribution >= 0.6 is 11.6 Å². The zero-order valence-electron chi connectivity index (χ0n) is 13.3. The maximum atomic E-state index is 12.2. The lowest BCUT2D eigenvalue weighted by molar-refractivity contribution is -0.718. The number of hydrogen-bond donors (Lipinski definition) is 3. The molecule has 6 heteroatoms. The summed E-state index contributed by atoms with van der Waals surface area (Å²) in [4.78, 5) is 24.4. The zero-order valence-corrected chi connectivity index (χ0v) is 14.0. The molecule has 1 aliphatic heterocycles. The monoisotopic (exact) mass is 336 g/mol. The lowest BCUT2D eigenvalue weighted by Gasteiger charge is -2.37. The van der Waals surface area contributed by atoms with Gasteiger partial charge in [-0.2, -0.15) is 0 Å². The van der Waals surface area contributed by atoms with Crippen molar-refractivity contribution in [2.24, 2.45) is 0 Å². The summed E-state index contributed by atoms with van der Waals surface area (Å²) in [5.41, 5.74) is 1.63. The van der Waals surface area contributed by atoms with Crippen molar-refractivity contribution in [2.75, 3.05) is 5.32 Å². The minimum atomic E-state index is -0.338. The number of carbonyl (C=O) groups is 2. The highest BCUT2D eigenvalue weighted by Gasteiger charge is 2.40. The van der Waals surface area contributed by atoms with Crippen LogP contribution in [0.3, 0.4) is 0 Å². The molecule has 1 saturated heterocycles. The van der Waals surface area contributed by atoms with E-state index in [-0.39, 0.29) is 30.3 Å². The standard InChI is InChI=1S/C17H22ClN3O2/c1-10-6-7-11(8-12(10)18)19-16(22)9-15-17(23)21-14-5-3-2-4-13(14)20-15/h6-8,13-15,20H,2-5,9H2,1H3,(H,19,22)(H,21,23)/p+1/t13-,14-,15+/m0/s1. The summed E-state index contributed by atoms with van der Waals surface area (Å²) in [5.74, 6) is -0.180. The minimum absolute atomic E-state index is 0.0229. The molecule has 0 aromatic heterocycles. The number of aryl methyl sites for hydroxylation is 1. The molecule has 1 heterocycles. The first kappa shape index (κ1) is 16.3. The van der Waals surface area contributed by atoms with Gasteiger partial charge in [0.05, 0.1) is 12.5 Å². The Morgan fingerprint density at radius 3 is 2.96 bits per heavy atom. The predicted octanol–water partition coefficient (Wildman–Crippen LogP) is 1.35. The molecule has 0 spiro atoms. The van der Waals surface area contributed by atoms with E-state index in [1.54, 1.807) is 6.07 Å². The summed E-state index contributed by atoms with van der Waals surface area (Å²) in [6.45, 7) is 1.91. The number of hydrogen-bond acceptors (Lipinski definition) is 2. The molecule has 1 aliphatic carbocycles. The number of piperazine rings is 1. The third-order valence-corrected chi connectivity index (χ3v) is 5.23. The van der Waals surface area contributed by atoms with Crippen molar-refractivity contribution in [3.8, 4) is 0 Å². The average Bonchev–Trinajstić information content (AvgIpc) is 2.51. The van der Waals surface area contributed by atoms with Crippen molar-refractivity contribution in [3.05, 3.63) is 28.8 Å². The summed E-state index contributed by atoms with van der Waals surface area (Å²) < 4.78 is 0. The van der Waals surface area contributed by atoms with Crippen LogP contribution in [0.15, 0.2) is 18.2 Å². The molecule has 1 aromatic carbocycles. The molecule has 4 N–H and O–H groups in total. The van der Waals surface area contributed by atoms with Gasteiger partial charge in [0.1, 0.15) is 6.04 Å². The molecule has 0 bridgehead atoms. The summed E-state index contributed by atoms with van der Waals surface area (Å²) in [7, 11) is 0. The minimum Gasteiger partial charge on any atom is -0.342 e. The van der Waals surface area contributed by atoms with Crippen LogP contribution in [-0.2, 0) is 9.59 Å². The smallest absolute Gasteiger partial charge is 0.279 e. The second kappa shape index (κ2) is 6.89. The average molecular weight is 337 g/mol. The highest BCUT2D eigenvalue weighted by atomic mass is 35.5. The second-order valence-corrected chi connectivity index (χ2v) is 6.99. The van der Waals surface area contributed by atoms with Gasteiger partial charge in [0.25, 0.3) is 5.91 Å². The molecule has 1 saturated carbocycles. The molecule has 23 heavy (non-hydrogen) atoms. The Morgan fingerprint density at radius 2 is 2.17 bits per heavy atom. The van der Waals surface area contributed by atoms with Gasteiger partial charge in [-0.15, -0.1) is 0 Å². The van der Waals surface area contributed by atoms with E-state index in [2.05, 4.69) is 16.0 Å². The molecule has 5 nitrogen and oxygen atoms in total. The van der Waals surface area contributed by atoms with Gasteiger partial charge in [-0.3, -0.25) is 9.59 Å². The highest BCUT2D eigenvalue weighted by molar-refractivity contribution is 6.31. The Hall–Kier alpha value is -1.59. The van der Waals surface area contributed by atoms with Gasteiger partial charge in [0.15, 0.2) is 6.04 Å². The van der Waals surface area contributed by atoms with Gasteiger partial charge >= 0.3 is 0 Å². The zero-order chi connectivity index (χ0) is 16.4. The van der Waals surface area contributed by atoms with Crippen LogP contribution in [0.1, 0.15) is 37.7 Å². The molecule has 124 valence electrons. The Balaban J connectivity index is 1.58. The Bertz CT molecular complexity index is 620. The first-order valence-corrected chi connectivity index (χ1v) is 8.62. The van der Waals surface area contributed by atoms with Crippen LogP contribution in [0.25, 0.3) is 0 Å². The van der Waals surface area contributed by atoms with Gasteiger partial charge < -0.3 is 16.0 Å². The molecule has 2 aliphatic rings. The van der Waals surface area contributed by atoms with Crippen molar-refractivity contribution in [1.82, 2.24) is 5.32 Å². The van der Waals surface area contributed by atoms with Crippen molar-refractivity contribution in [3.63, 3.8) is 0 Å². The van der Waals surface area contributed by atoms with Crippen LogP contribution in [0.2, 0.25) is 5.02 Å². The Kier molecular flexibility index (Phi) is 4.87. The number of amides is 2. The molecular formula is C17H23ClN3O2+. The number of anilines is 1. The summed E-state index contributed by atoms with van der Waals surface area (Å²) in [6, 6.07) is 5.76. The third-order valence-electron chi connectivity index (χ3n) is 4.82. The predicted molar refractivity (Wildman–Crippen MR) is 89.3 cm³/mol. The van der Waals surface area contributed by atoms with Crippen molar-refractivity contribution in [1.29, 1.82) is 0 Å². The van der Waals surface area contributed by atoms with E-state index in [0.29, 0.717) is 16.8 Å². The van der Waals surface area contributed by atoms with Crippen molar-refractivity contribution >= 4 is 29.1 Å². The van der Waals surface area contributed by atoms with Crippen molar-refractivity contribution < 1.29 is 14.9 Å². The molecular weight excluding hydrogens is 314 g/mol. The number of nitrogens with one attached hydrogen (secondary N) is 2. The molecule has 3 rings (SSSR count). The summed E-state index contributed by atoms with van der Waals surface area (Å²) in [6.07, 6.45) is 4.72. The summed E-state index contributed by atoms with van der Waals surface area (Å²) >= 11 is 6.07. The fourth-order valence-electron chi connectivity index (χ4n) is 3.49. The lowest BCUT2D eigenvalue weighted by Crippen LogP contribution is -3.03. The number of halogens is 1. The van der Waals surface area contributed by atoms with Crippen LogP contribution in [-0.4, -0.2) is 29.9 Å². The quantitative estimate of drug-likeness (QED) is 0.779. The maximum Gasteiger partial charge on any atom is 0.279 e. The third kappa shape index (κ3) is 3.85. The Labute approximate surface area is 141 Å². The van der Waals surface area contributed by atoms with Gasteiger partial charge in [0, 0.05) is 17.1 Å². The number of benzene rings is 1. The number of quaternary nitrogens is 1.